The molecule has 0 heterocycles. The fourth-order valence-electron chi connectivity index (χ4n) is 3.88. The van der Waals surface area contributed by atoms with Gasteiger partial charge >= 0.3 is 12.5 Å². The smallest absolute Gasteiger partial charge is 0.403 e. The Morgan fingerprint density at radius 1 is 0.892 bits per heavy atom. The van der Waals surface area contributed by atoms with Crippen LogP contribution in [0.2, 0.25) is 0 Å². The second kappa shape index (κ2) is 11.2. The second-order valence-electron chi connectivity index (χ2n) is 8.40. The van der Waals surface area contributed by atoms with Crippen molar-refractivity contribution in [3.05, 3.63) is 100 Å². The zero-order valence-corrected chi connectivity index (χ0v) is 19.5. The highest BCUT2D eigenvalue weighted by Gasteiger charge is 2.33. The average Bonchev–Trinajstić information content (AvgIpc) is 2.80. The molecule has 3 aromatic rings. The number of aryl methyl sites for hydroxylation is 1. The van der Waals surface area contributed by atoms with Crippen molar-refractivity contribution in [2.24, 2.45) is 5.73 Å². The normalized spacial score (nSPS) is 13.7. The van der Waals surface area contributed by atoms with Crippen molar-refractivity contribution < 1.29 is 40.3 Å². The number of carbonyl (C=O) groups is 1. The van der Waals surface area contributed by atoms with Gasteiger partial charge in [-0.25, -0.2) is 4.39 Å². The summed E-state index contributed by atoms with van der Waals surface area (Å²) >= 11 is 0. The molecule has 4 nitrogen and oxygen atoms in total. The molecule has 0 spiro atoms. The van der Waals surface area contributed by atoms with Crippen LogP contribution in [0.1, 0.15) is 46.2 Å². The summed E-state index contributed by atoms with van der Waals surface area (Å²) in [6, 6.07) is 13.1. The van der Waals surface area contributed by atoms with E-state index in [1.807, 2.05) is 6.92 Å². The molecule has 198 valence electrons. The molecule has 3 N–H and O–H groups in total. The predicted molar refractivity (Wildman–Crippen MR) is 122 cm³/mol. The van der Waals surface area contributed by atoms with Crippen molar-refractivity contribution in [1.82, 2.24) is 5.32 Å². The second-order valence-corrected chi connectivity index (χ2v) is 8.40. The molecule has 0 aliphatic rings. The van der Waals surface area contributed by atoms with Crippen molar-refractivity contribution in [3.8, 4) is 5.75 Å². The number of nitrogens with two attached hydrogens (primary N) is 1. The van der Waals surface area contributed by atoms with Gasteiger partial charge in [-0.05, 0) is 60.8 Å². The zero-order chi connectivity index (χ0) is 27.4. The average molecular weight is 528 g/mol. The Balaban J connectivity index is 1.91. The van der Waals surface area contributed by atoms with E-state index in [1.54, 1.807) is 24.3 Å². The molecule has 0 unspecified atom stereocenters. The Morgan fingerprint density at radius 2 is 1.46 bits per heavy atom. The Hall–Kier alpha value is -3.60. The van der Waals surface area contributed by atoms with Crippen LogP contribution in [0.5, 0.6) is 5.75 Å². The van der Waals surface area contributed by atoms with Crippen molar-refractivity contribution in [2.75, 3.05) is 6.54 Å². The van der Waals surface area contributed by atoms with Crippen LogP contribution in [-0.4, -0.2) is 18.8 Å². The fourth-order valence-corrected chi connectivity index (χ4v) is 3.88. The van der Waals surface area contributed by atoms with Crippen LogP contribution in [0.3, 0.4) is 0 Å². The van der Waals surface area contributed by atoms with Crippen LogP contribution in [0.15, 0.2) is 66.7 Å². The van der Waals surface area contributed by atoms with Gasteiger partial charge in [0.25, 0.3) is 0 Å². The van der Waals surface area contributed by atoms with Crippen molar-refractivity contribution >= 4 is 5.91 Å². The summed E-state index contributed by atoms with van der Waals surface area (Å²) in [6.07, 6.45) is -9.60. The minimum atomic E-state index is -5.15. The Labute approximate surface area is 208 Å². The lowest BCUT2D eigenvalue weighted by molar-refractivity contribution is -0.275. The van der Waals surface area contributed by atoms with E-state index in [1.165, 1.54) is 18.2 Å². The molecule has 0 aromatic heterocycles. The van der Waals surface area contributed by atoms with Crippen LogP contribution in [0, 0.1) is 12.7 Å². The molecule has 0 fully saturated rings. The van der Waals surface area contributed by atoms with E-state index in [2.05, 4.69) is 10.1 Å². The molecule has 1 amide bonds. The van der Waals surface area contributed by atoms with Gasteiger partial charge < -0.3 is 15.8 Å². The highest BCUT2D eigenvalue weighted by atomic mass is 19.4. The van der Waals surface area contributed by atoms with Crippen LogP contribution in [0.4, 0.5) is 30.7 Å². The summed E-state index contributed by atoms with van der Waals surface area (Å²) in [4.78, 5) is 12.0. The first kappa shape index (κ1) is 28.0. The Morgan fingerprint density at radius 3 is 2.00 bits per heavy atom. The number of rotatable bonds is 9. The number of carbonyl (C=O) groups excluding carboxylic acids is 1. The fraction of sp³-hybridized carbons (Fsp3) is 0.269. The van der Waals surface area contributed by atoms with E-state index in [4.69, 9.17) is 5.73 Å². The number of amides is 1. The van der Waals surface area contributed by atoms with Gasteiger partial charge in [-0.1, -0.05) is 48.0 Å². The number of hydrogen-bond acceptors (Lipinski definition) is 3. The van der Waals surface area contributed by atoms with Crippen LogP contribution >= 0.6 is 0 Å². The van der Waals surface area contributed by atoms with Crippen LogP contribution < -0.4 is 15.8 Å². The SMILES string of the molecule is Cc1ccc([C@H](NCC[C@@H](c2ccc(C(F)(F)F)cc2)c2ccc(F)c(OC(F)(F)F)c2)C(N)=O)cc1. The summed E-state index contributed by atoms with van der Waals surface area (Å²) in [5, 5.41) is 2.98. The summed E-state index contributed by atoms with van der Waals surface area (Å²) in [6.45, 7) is 1.96. The molecule has 11 heteroatoms. The third kappa shape index (κ3) is 7.69. The van der Waals surface area contributed by atoms with Gasteiger partial charge in [0.05, 0.1) is 5.56 Å². The molecule has 3 rings (SSSR count). The quantitative estimate of drug-likeness (QED) is 0.317. The number of primary amides is 1. The number of ether oxygens (including phenoxy) is 1. The van der Waals surface area contributed by atoms with Gasteiger partial charge in [0.1, 0.15) is 6.04 Å². The van der Waals surface area contributed by atoms with Gasteiger partial charge in [-0.15, -0.1) is 13.2 Å². The van der Waals surface area contributed by atoms with Gasteiger partial charge in [0, 0.05) is 5.92 Å². The molecule has 0 aliphatic carbocycles. The Bertz CT molecular complexity index is 1210. The number of benzene rings is 3. The predicted octanol–water partition coefficient (Wildman–Crippen LogP) is 6.39. The molecule has 3 aromatic carbocycles. The number of nitrogens with one attached hydrogen (secondary N) is 1. The van der Waals surface area contributed by atoms with Crippen molar-refractivity contribution in [1.29, 1.82) is 0 Å². The minimum absolute atomic E-state index is 0.0972. The van der Waals surface area contributed by atoms with E-state index in [0.717, 1.165) is 29.8 Å². The maximum Gasteiger partial charge on any atom is 0.573 e. The monoisotopic (exact) mass is 528 g/mol. The minimum Gasteiger partial charge on any atom is -0.403 e. The third-order valence-electron chi connectivity index (χ3n) is 5.70. The molecular weight excluding hydrogens is 505 g/mol. The molecule has 0 radical (unpaired) electrons. The molecular formula is C26H23F7N2O2. The number of alkyl halides is 6. The van der Waals surface area contributed by atoms with E-state index in [0.29, 0.717) is 11.1 Å². The molecule has 0 aliphatic heterocycles. The summed E-state index contributed by atoms with van der Waals surface area (Å²) in [5.74, 6) is -3.75. The zero-order valence-electron chi connectivity index (χ0n) is 19.5. The lowest BCUT2D eigenvalue weighted by Gasteiger charge is -2.22. The first-order valence-corrected chi connectivity index (χ1v) is 11.1. The molecule has 0 bridgehead atoms. The van der Waals surface area contributed by atoms with Crippen molar-refractivity contribution in [2.45, 2.75) is 37.8 Å². The molecule has 0 saturated carbocycles. The first-order valence-electron chi connectivity index (χ1n) is 11.1. The highest BCUT2D eigenvalue weighted by molar-refractivity contribution is 5.81. The first-order chi connectivity index (χ1) is 17.2. The van der Waals surface area contributed by atoms with Gasteiger partial charge in [0.2, 0.25) is 5.91 Å². The lowest BCUT2D eigenvalue weighted by atomic mass is 9.87. The van der Waals surface area contributed by atoms with Crippen LogP contribution in [0.25, 0.3) is 0 Å². The molecule has 0 saturated heterocycles. The highest BCUT2D eigenvalue weighted by Crippen LogP contribution is 2.35. The Kier molecular flexibility index (Phi) is 8.47. The van der Waals surface area contributed by atoms with Gasteiger partial charge in [0.15, 0.2) is 11.6 Å². The van der Waals surface area contributed by atoms with Crippen molar-refractivity contribution in [3.63, 3.8) is 0 Å². The topological polar surface area (TPSA) is 64.3 Å². The maximum absolute atomic E-state index is 14.0. The lowest BCUT2D eigenvalue weighted by Crippen LogP contribution is -2.34. The maximum atomic E-state index is 14.0. The van der Waals surface area contributed by atoms with E-state index >= 15 is 0 Å². The van der Waals surface area contributed by atoms with E-state index < -0.39 is 47.5 Å². The summed E-state index contributed by atoms with van der Waals surface area (Å²) < 4.78 is 95.1. The number of halogens is 7. The molecule has 37 heavy (non-hydrogen) atoms. The standard InChI is InChI=1S/C26H23F7N2O2/c1-15-2-4-17(5-3-15)23(24(34)36)35-13-12-20(16-6-9-19(10-7-16)25(28,29)30)18-8-11-21(27)22(14-18)37-26(31,32)33/h2-11,14,20,23,35H,12-13H2,1H3,(H2,34,36)/t20-,23-/m0/s1. The molecule has 2 atom stereocenters. The van der Waals surface area contributed by atoms with E-state index in [-0.39, 0.29) is 18.5 Å². The van der Waals surface area contributed by atoms with Crippen LogP contribution in [-0.2, 0) is 11.0 Å². The van der Waals surface area contributed by atoms with E-state index in [9.17, 15) is 35.5 Å². The summed E-state index contributed by atoms with van der Waals surface area (Å²) in [5.41, 5.74) is 6.69. The number of hydrogen-bond donors (Lipinski definition) is 2. The largest absolute Gasteiger partial charge is 0.573 e. The van der Waals surface area contributed by atoms with Gasteiger partial charge in [-0.2, -0.15) is 13.2 Å². The summed E-state index contributed by atoms with van der Waals surface area (Å²) in [7, 11) is 0. The van der Waals surface area contributed by atoms with Gasteiger partial charge in [-0.3, -0.25) is 4.79 Å². The third-order valence-corrected chi connectivity index (χ3v) is 5.70.